The first-order valence-corrected chi connectivity index (χ1v) is 8.09. The van der Waals surface area contributed by atoms with Crippen molar-refractivity contribution in [3.63, 3.8) is 0 Å². The van der Waals surface area contributed by atoms with Gasteiger partial charge in [-0.3, -0.25) is 10.00 Å². The summed E-state index contributed by atoms with van der Waals surface area (Å²) in [5, 5.41) is 9.07. The van der Waals surface area contributed by atoms with Crippen molar-refractivity contribution in [1.82, 2.24) is 9.78 Å². The Morgan fingerprint density at radius 2 is 1.74 bits per heavy atom. The maximum atomic E-state index is 13.5. The van der Waals surface area contributed by atoms with Crippen LogP contribution in [0, 0.1) is 6.92 Å². The number of nitrogens with zero attached hydrogens (tertiary/aromatic N) is 2. The lowest BCUT2D eigenvalue weighted by Gasteiger charge is -2.15. The van der Waals surface area contributed by atoms with Crippen LogP contribution in [0.15, 0.2) is 54.6 Å². The van der Waals surface area contributed by atoms with Crippen molar-refractivity contribution in [2.45, 2.75) is 13.1 Å². The molecule has 0 aliphatic rings. The van der Waals surface area contributed by atoms with Crippen molar-refractivity contribution >= 4 is 17.5 Å². The minimum atomic E-state index is -4.56. The van der Waals surface area contributed by atoms with E-state index in [0.717, 1.165) is 6.07 Å². The maximum Gasteiger partial charge on any atom is 0.417 e. The molecule has 1 aromatic heterocycles. The first-order valence-electron chi connectivity index (χ1n) is 8.09. The summed E-state index contributed by atoms with van der Waals surface area (Å²) in [5.74, 6) is 0.432. The van der Waals surface area contributed by atoms with Gasteiger partial charge in [-0.15, -0.1) is 0 Å². The van der Waals surface area contributed by atoms with Crippen LogP contribution in [0.4, 0.5) is 29.5 Å². The number of urea groups is 1. The smallest absolute Gasteiger partial charge is 0.308 e. The standard InChI is InChI=1S/C19H17F3N4O/c1-12-10-17(26(2)25-12)24-18(27)23-14-8-9-15(13-6-4-3-5-7-13)16(11-14)19(20,21)22/h3-11H,1-2H3,(H2,23,24,27). The number of amides is 2. The fourth-order valence-electron chi connectivity index (χ4n) is 2.73. The van der Waals surface area contributed by atoms with Crippen molar-refractivity contribution in [3.8, 4) is 11.1 Å². The summed E-state index contributed by atoms with van der Waals surface area (Å²) in [6, 6.07) is 13.0. The van der Waals surface area contributed by atoms with Gasteiger partial charge in [0.15, 0.2) is 0 Å². The van der Waals surface area contributed by atoms with Crippen LogP contribution in [-0.2, 0) is 13.2 Å². The van der Waals surface area contributed by atoms with Gasteiger partial charge >= 0.3 is 12.2 Å². The van der Waals surface area contributed by atoms with E-state index < -0.39 is 17.8 Å². The minimum Gasteiger partial charge on any atom is -0.308 e. The SMILES string of the molecule is Cc1cc(NC(=O)Nc2ccc(-c3ccccc3)c(C(F)(F)F)c2)n(C)n1. The van der Waals surface area contributed by atoms with Gasteiger partial charge in [0.2, 0.25) is 0 Å². The zero-order valence-corrected chi connectivity index (χ0v) is 14.6. The van der Waals surface area contributed by atoms with Crippen LogP contribution in [-0.4, -0.2) is 15.8 Å². The van der Waals surface area contributed by atoms with E-state index in [4.69, 9.17) is 0 Å². The monoisotopic (exact) mass is 374 g/mol. The average Bonchev–Trinajstić information content (AvgIpc) is 2.92. The van der Waals surface area contributed by atoms with Crippen molar-refractivity contribution in [2.75, 3.05) is 10.6 Å². The van der Waals surface area contributed by atoms with E-state index >= 15 is 0 Å². The number of benzene rings is 2. The molecule has 5 nitrogen and oxygen atoms in total. The number of hydrogen-bond acceptors (Lipinski definition) is 2. The van der Waals surface area contributed by atoms with Gasteiger partial charge in [0.25, 0.3) is 0 Å². The second-order valence-electron chi connectivity index (χ2n) is 6.00. The van der Waals surface area contributed by atoms with Crippen LogP contribution in [0.25, 0.3) is 11.1 Å². The molecule has 0 fully saturated rings. The fourth-order valence-corrected chi connectivity index (χ4v) is 2.73. The molecule has 0 atom stereocenters. The van der Waals surface area contributed by atoms with Gasteiger partial charge in [0.1, 0.15) is 5.82 Å². The summed E-state index contributed by atoms with van der Waals surface area (Å²) in [7, 11) is 1.65. The van der Waals surface area contributed by atoms with Crippen molar-refractivity contribution in [3.05, 3.63) is 65.9 Å². The molecule has 0 radical (unpaired) electrons. The van der Waals surface area contributed by atoms with E-state index in [-0.39, 0.29) is 11.3 Å². The lowest BCUT2D eigenvalue weighted by Crippen LogP contribution is -2.21. The van der Waals surface area contributed by atoms with Crippen molar-refractivity contribution < 1.29 is 18.0 Å². The molecule has 3 rings (SSSR count). The maximum absolute atomic E-state index is 13.5. The number of carbonyl (C=O) groups is 1. The molecule has 2 amide bonds. The highest BCUT2D eigenvalue weighted by Crippen LogP contribution is 2.38. The van der Waals surface area contributed by atoms with Crippen molar-refractivity contribution in [2.24, 2.45) is 7.05 Å². The topological polar surface area (TPSA) is 59.0 Å². The molecular weight excluding hydrogens is 357 g/mol. The largest absolute Gasteiger partial charge is 0.417 e. The van der Waals surface area contributed by atoms with E-state index in [1.807, 2.05) is 0 Å². The van der Waals surface area contributed by atoms with E-state index in [2.05, 4.69) is 15.7 Å². The Morgan fingerprint density at radius 3 is 2.33 bits per heavy atom. The molecule has 0 bridgehead atoms. The Labute approximate surface area is 153 Å². The van der Waals surface area contributed by atoms with E-state index in [9.17, 15) is 18.0 Å². The molecule has 27 heavy (non-hydrogen) atoms. The van der Waals surface area contributed by atoms with Crippen LogP contribution < -0.4 is 10.6 Å². The van der Waals surface area contributed by atoms with Gasteiger partial charge in [0.05, 0.1) is 11.3 Å². The number of rotatable bonds is 3. The number of aromatic nitrogens is 2. The third kappa shape index (κ3) is 4.28. The summed E-state index contributed by atoms with van der Waals surface area (Å²) in [4.78, 5) is 12.1. The highest BCUT2D eigenvalue weighted by Gasteiger charge is 2.34. The Bertz CT molecular complexity index is 965. The normalized spacial score (nSPS) is 11.3. The van der Waals surface area contributed by atoms with Crippen molar-refractivity contribution in [1.29, 1.82) is 0 Å². The first kappa shape index (κ1) is 18.5. The zero-order chi connectivity index (χ0) is 19.6. The van der Waals surface area contributed by atoms with E-state index in [1.54, 1.807) is 50.4 Å². The van der Waals surface area contributed by atoms with Gasteiger partial charge < -0.3 is 5.32 Å². The number of hydrogen-bond donors (Lipinski definition) is 2. The van der Waals surface area contributed by atoms with E-state index in [1.165, 1.54) is 16.8 Å². The number of anilines is 2. The molecule has 1 heterocycles. The summed E-state index contributed by atoms with van der Waals surface area (Å²) < 4.78 is 42.0. The van der Waals surface area contributed by atoms with Crippen LogP contribution in [0.3, 0.4) is 0 Å². The highest BCUT2D eigenvalue weighted by atomic mass is 19.4. The third-order valence-corrected chi connectivity index (χ3v) is 3.91. The van der Waals surface area contributed by atoms with Gasteiger partial charge in [-0.25, -0.2) is 4.79 Å². The number of aryl methyl sites for hydroxylation is 2. The summed E-state index contributed by atoms with van der Waals surface area (Å²) >= 11 is 0. The summed E-state index contributed by atoms with van der Waals surface area (Å²) in [6.07, 6.45) is -4.56. The van der Waals surface area contributed by atoms with Crippen LogP contribution in [0.2, 0.25) is 0 Å². The Kier molecular flexibility index (Phi) is 4.89. The predicted molar refractivity (Wildman–Crippen MR) is 97.5 cm³/mol. The van der Waals surface area contributed by atoms with Gasteiger partial charge in [-0.2, -0.15) is 18.3 Å². The van der Waals surface area contributed by atoms with Gasteiger partial charge in [-0.1, -0.05) is 36.4 Å². The molecule has 8 heteroatoms. The second kappa shape index (κ2) is 7.14. The Hall–Kier alpha value is -3.29. The Balaban J connectivity index is 1.86. The Morgan fingerprint density at radius 1 is 1.04 bits per heavy atom. The first-order chi connectivity index (χ1) is 12.7. The second-order valence-corrected chi connectivity index (χ2v) is 6.00. The molecule has 3 aromatic rings. The van der Waals surface area contributed by atoms with Crippen LogP contribution >= 0.6 is 0 Å². The predicted octanol–water partition coefficient (Wildman–Crippen LogP) is 5.06. The summed E-state index contributed by atoms with van der Waals surface area (Å²) in [6.45, 7) is 1.76. The lowest BCUT2D eigenvalue weighted by molar-refractivity contribution is -0.137. The van der Waals surface area contributed by atoms with Gasteiger partial charge in [0, 0.05) is 18.8 Å². The number of nitrogens with one attached hydrogen (secondary N) is 2. The number of alkyl halides is 3. The molecule has 0 saturated heterocycles. The number of halogens is 3. The third-order valence-electron chi connectivity index (χ3n) is 3.91. The molecule has 0 unspecified atom stereocenters. The lowest BCUT2D eigenvalue weighted by atomic mass is 9.98. The van der Waals surface area contributed by atoms with Gasteiger partial charge in [-0.05, 0) is 30.2 Å². The summed E-state index contributed by atoms with van der Waals surface area (Å²) in [5.41, 5.74) is 0.433. The molecular formula is C19H17F3N4O. The molecule has 0 saturated carbocycles. The minimum absolute atomic E-state index is 0.0402. The molecule has 2 aromatic carbocycles. The highest BCUT2D eigenvalue weighted by molar-refractivity contribution is 5.99. The molecule has 140 valence electrons. The van der Waals surface area contributed by atoms with Crippen LogP contribution in [0.5, 0.6) is 0 Å². The zero-order valence-electron chi connectivity index (χ0n) is 14.6. The number of carbonyl (C=O) groups excluding carboxylic acids is 1. The molecule has 0 aliphatic carbocycles. The fraction of sp³-hybridized carbons (Fsp3) is 0.158. The molecule has 0 spiro atoms. The van der Waals surface area contributed by atoms with E-state index in [0.29, 0.717) is 17.1 Å². The van der Waals surface area contributed by atoms with Crippen LogP contribution in [0.1, 0.15) is 11.3 Å². The molecule has 0 aliphatic heterocycles. The molecule has 2 N–H and O–H groups in total. The quantitative estimate of drug-likeness (QED) is 0.673. The average molecular weight is 374 g/mol.